The van der Waals surface area contributed by atoms with E-state index in [-0.39, 0.29) is 16.9 Å². The summed E-state index contributed by atoms with van der Waals surface area (Å²) in [5.41, 5.74) is 1.15. The summed E-state index contributed by atoms with van der Waals surface area (Å²) in [6.07, 6.45) is 2.84. The van der Waals surface area contributed by atoms with Gasteiger partial charge >= 0.3 is 0 Å². The van der Waals surface area contributed by atoms with E-state index < -0.39 is 11.9 Å². The molecule has 25 heavy (non-hydrogen) atoms. The van der Waals surface area contributed by atoms with E-state index in [2.05, 4.69) is 20.7 Å². The van der Waals surface area contributed by atoms with Crippen LogP contribution >= 0.6 is 11.6 Å². The Bertz CT molecular complexity index is 874. The quantitative estimate of drug-likeness (QED) is 0.729. The molecule has 0 aliphatic rings. The average molecular weight is 360 g/mol. The number of amides is 2. The maximum absolute atomic E-state index is 12.2. The average Bonchev–Trinajstić information content (AvgIpc) is 3.27. The highest BCUT2D eigenvalue weighted by Crippen LogP contribution is 2.18. The number of hydrogen-bond acceptors (Lipinski definition) is 5. The minimum atomic E-state index is -0.495. The molecule has 0 aliphatic heterocycles. The van der Waals surface area contributed by atoms with Gasteiger partial charge in [-0.3, -0.25) is 9.59 Å². The number of furan rings is 1. The van der Waals surface area contributed by atoms with Gasteiger partial charge in [-0.05, 0) is 54.9 Å². The maximum Gasteiger partial charge on any atom is 0.291 e. The third-order valence-electron chi connectivity index (χ3n) is 3.42. The van der Waals surface area contributed by atoms with E-state index in [9.17, 15) is 9.59 Å². The number of nitrogens with one attached hydrogen (secondary N) is 2. The predicted octanol–water partition coefficient (Wildman–Crippen LogP) is 2.98. The number of halogens is 1. The molecule has 9 heteroatoms. The zero-order valence-corrected chi connectivity index (χ0v) is 13.9. The van der Waals surface area contributed by atoms with Gasteiger partial charge in [-0.1, -0.05) is 0 Å². The summed E-state index contributed by atoms with van der Waals surface area (Å²) in [6, 6.07) is 9.16. The molecule has 128 valence electrons. The molecular weight excluding hydrogens is 346 g/mol. The fourth-order valence-corrected chi connectivity index (χ4v) is 2.20. The van der Waals surface area contributed by atoms with Crippen LogP contribution in [0.3, 0.4) is 0 Å². The van der Waals surface area contributed by atoms with Crippen molar-refractivity contribution in [3.63, 3.8) is 0 Å². The topological polar surface area (TPSA) is 102 Å². The number of aromatic nitrogens is 3. The molecule has 1 aromatic carbocycles. The van der Waals surface area contributed by atoms with Gasteiger partial charge in [0.05, 0.1) is 0 Å². The Hall–Kier alpha value is -3.13. The van der Waals surface area contributed by atoms with Crippen LogP contribution < -0.4 is 10.6 Å². The molecule has 0 bridgehead atoms. The zero-order chi connectivity index (χ0) is 17.8. The highest BCUT2D eigenvalue weighted by molar-refractivity contribution is 6.29. The molecule has 0 saturated carbocycles. The standard InChI is InChI=1S/C16H14ClN5O3/c1-10(22-9-18-8-19-22)15(23)20-11-2-4-12(5-3-11)21-16(24)13-6-7-14(17)25-13/h2-10H,1H3,(H,20,23)(H,21,24). The molecule has 1 atom stereocenters. The zero-order valence-electron chi connectivity index (χ0n) is 13.1. The Kier molecular flexibility index (Phi) is 4.80. The van der Waals surface area contributed by atoms with Gasteiger partial charge in [-0.25, -0.2) is 9.67 Å². The number of hydrogen-bond donors (Lipinski definition) is 2. The number of nitrogens with zero attached hydrogens (tertiary/aromatic N) is 3. The van der Waals surface area contributed by atoms with E-state index in [1.54, 1.807) is 31.2 Å². The van der Waals surface area contributed by atoms with Crippen LogP contribution in [0.25, 0.3) is 0 Å². The second-order valence-electron chi connectivity index (χ2n) is 5.18. The van der Waals surface area contributed by atoms with Crippen LogP contribution in [0.2, 0.25) is 5.22 Å². The lowest BCUT2D eigenvalue weighted by Gasteiger charge is -2.12. The van der Waals surface area contributed by atoms with Gasteiger partial charge in [0.2, 0.25) is 5.91 Å². The van der Waals surface area contributed by atoms with Crippen LogP contribution in [0.15, 0.2) is 53.5 Å². The second kappa shape index (κ2) is 7.18. The van der Waals surface area contributed by atoms with Crippen molar-refractivity contribution in [3.8, 4) is 0 Å². The van der Waals surface area contributed by atoms with Crippen LogP contribution in [-0.2, 0) is 4.79 Å². The third kappa shape index (κ3) is 4.04. The molecule has 2 heterocycles. The van der Waals surface area contributed by atoms with Gasteiger partial charge in [0.15, 0.2) is 11.0 Å². The summed E-state index contributed by atoms with van der Waals surface area (Å²) >= 11 is 5.64. The Morgan fingerprint density at radius 2 is 1.80 bits per heavy atom. The molecule has 0 radical (unpaired) electrons. The van der Waals surface area contributed by atoms with E-state index in [0.29, 0.717) is 11.4 Å². The Labute approximate surface area is 147 Å². The summed E-state index contributed by atoms with van der Waals surface area (Å²) in [5, 5.41) is 9.52. The largest absolute Gasteiger partial charge is 0.440 e. The van der Waals surface area contributed by atoms with Gasteiger partial charge < -0.3 is 15.1 Å². The fraction of sp³-hybridized carbons (Fsp3) is 0.125. The van der Waals surface area contributed by atoms with Crippen molar-refractivity contribution in [2.75, 3.05) is 10.6 Å². The number of anilines is 2. The molecule has 1 unspecified atom stereocenters. The van der Waals surface area contributed by atoms with Crippen molar-refractivity contribution in [2.45, 2.75) is 13.0 Å². The molecular formula is C16H14ClN5O3. The monoisotopic (exact) mass is 359 g/mol. The van der Waals surface area contributed by atoms with Crippen LogP contribution in [0.4, 0.5) is 11.4 Å². The molecule has 0 saturated heterocycles. The van der Waals surface area contributed by atoms with E-state index in [4.69, 9.17) is 16.0 Å². The van der Waals surface area contributed by atoms with Crippen LogP contribution in [0, 0.1) is 0 Å². The van der Waals surface area contributed by atoms with Gasteiger partial charge in [-0.2, -0.15) is 5.10 Å². The summed E-state index contributed by atoms with van der Waals surface area (Å²) in [4.78, 5) is 27.9. The Balaban J connectivity index is 1.60. The summed E-state index contributed by atoms with van der Waals surface area (Å²) < 4.78 is 6.50. The molecule has 0 fully saturated rings. The van der Waals surface area contributed by atoms with Gasteiger partial charge in [0, 0.05) is 11.4 Å². The van der Waals surface area contributed by atoms with Crippen molar-refractivity contribution in [1.82, 2.24) is 14.8 Å². The number of rotatable bonds is 5. The lowest BCUT2D eigenvalue weighted by molar-refractivity contribution is -0.119. The minimum Gasteiger partial charge on any atom is -0.440 e. The van der Waals surface area contributed by atoms with E-state index in [0.717, 1.165) is 0 Å². The smallest absolute Gasteiger partial charge is 0.291 e. The molecule has 3 rings (SSSR count). The highest BCUT2D eigenvalue weighted by Gasteiger charge is 2.15. The maximum atomic E-state index is 12.2. The molecule has 0 aliphatic carbocycles. The summed E-state index contributed by atoms with van der Waals surface area (Å²) in [6.45, 7) is 1.72. The second-order valence-corrected chi connectivity index (χ2v) is 5.55. The first-order valence-electron chi connectivity index (χ1n) is 7.34. The lowest BCUT2D eigenvalue weighted by atomic mass is 10.2. The minimum absolute atomic E-state index is 0.115. The Morgan fingerprint density at radius 1 is 1.12 bits per heavy atom. The molecule has 2 N–H and O–H groups in total. The number of carbonyl (C=O) groups is 2. The first-order chi connectivity index (χ1) is 12.0. The first-order valence-corrected chi connectivity index (χ1v) is 7.72. The van der Waals surface area contributed by atoms with Crippen molar-refractivity contribution in [1.29, 1.82) is 0 Å². The van der Waals surface area contributed by atoms with E-state index in [1.165, 1.54) is 29.5 Å². The van der Waals surface area contributed by atoms with Crippen molar-refractivity contribution < 1.29 is 14.0 Å². The van der Waals surface area contributed by atoms with Crippen LogP contribution in [0.5, 0.6) is 0 Å². The van der Waals surface area contributed by atoms with Crippen molar-refractivity contribution in [2.24, 2.45) is 0 Å². The summed E-state index contributed by atoms with van der Waals surface area (Å²) in [7, 11) is 0. The van der Waals surface area contributed by atoms with Crippen molar-refractivity contribution in [3.05, 3.63) is 60.0 Å². The SMILES string of the molecule is CC(C(=O)Nc1ccc(NC(=O)c2ccc(Cl)o2)cc1)n1cncn1. The van der Waals surface area contributed by atoms with E-state index >= 15 is 0 Å². The molecule has 0 spiro atoms. The molecule has 8 nitrogen and oxygen atoms in total. The molecule has 2 amide bonds. The predicted molar refractivity (Wildman–Crippen MR) is 91.5 cm³/mol. The summed E-state index contributed by atoms with van der Waals surface area (Å²) in [5.74, 6) is -0.528. The van der Waals surface area contributed by atoms with Crippen molar-refractivity contribution >= 4 is 34.8 Å². The number of benzene rings is 1. The lowest BCUT2D eigenvalue weighted by Crippen LogP contribution is -2.24. The van der Waals surface area contributed by atoms with Gasteiger partial charge in [0.1, 0.15) is 18.7 Å². The fourth-order valence-electron chi connectivity index (χ4n) is 2.05. The highest BCUT2D eigenvalue weighted by atomic mass is 35.5. The van der Waals surface area contributed by atoms with Crippen LogP contribution in [0.1, 0.15) is 23.5 Å². The first kappa shape index (κ1) is 16.7. The Morgan fingerprint density at radius 3 is 2.36 bits per heavy atom. The molecule has 2 aromatic heterocycles. The third-order valence-corrected chi connectivity index (χ3v) is 3.62. The molecule has 3 aromatic rings. The van der Waals surface area contributed by atoms with Crippen LogP contribution in [-0.4, -0.2) is 26.6 Å². The van der Waals surface area contributed by atoms with Gasteiger partial charge in [-0.15, -0.1) is 0 Å². The van der Waals surface area contributed by atoms with E-state index in [1.807, 2.05) is 0 Å². The number of carbonyl (C=O) groups excluding carboxylic acids is 2. The van der Waals surface area contributed by atoms with Gasteiger partial charge in [0.25, 0.3) is 5.91 Å². The normalized spacial score (nSPS) is 11.8.